The molecular formula is C19H15NO2. The Labute approximate surface area is 129 Å². The van der Waals surface area contributed by atoms with Crippen molar-refractivity contribution in [1.82, 2.24) is 5.48 Å². The summed E-state index contributed by atoms with van der Waals surface area (Å²) in [6.07, 6.45) is 0. The number of hydrogen-bond acceptors (Lipinski definition) is 2. The molecule has 0 saturated heterocycles. The predicted octanol–water partition coefficient (Wildman–Crippen LogP) is 4.08. The Morgan fingerprint density at radius 1 is 0.727 bits per heavy atom. The Kier molecular flexibility index (Phi) is 4.16. The molecule has 3 rings (SSSR count). The molecule has 0 aliphatic carbocycles. The van der Waals surface area contributed by atoms with Crippen LogP contribution in [0.15, 0.2) is 84.9 Å². The van der Waals surface area contributed by atoms with Gasteiger partial charge >= 0.3 is 0 Å². The predicted molar refractivity (Wildman–Crippen MR) is 86.4 cm³/mol. The second-order valence-electron chi connectivity index (χ2n) is 4.79. The number of amides is 1. The van der Waals surface area contributed by atoms with Crippen LogP contribution in [0, 0.1) is 0 Å². The van der Waals surface area contributed by atoms with Gasteiger partial charge < -0.3 is 4.84 Å². The van der Waals surface area contributed by atoms with Crippen molar-refractivity contribution in [3.8, 4) is 16.9 Å². The van der Waals surface area contributed by atoms with Crippen LogP contribution >= 0.6 is 0 Å². The molecule has 3 aromatic rings. The van der Waals surface area contributed by atoms with Gasteiger partial charge in [0.25, 0.3) is 5.91 Å². The molecular weight excluding hydrogens is 274 g/mol. The maximum absolute atomic E-state index is 11.9. The molecule has 0 saturated carbocycles. The lowest BCUT2D eigenvalue weighted by atomic mass is 10.1. The minimum atomic E-state index is -0.272. The fourth-order valence-electron chi connectivity index (χ4n) is 2.12. The summed E-state index contributed by atoms with van der Waals surface area (Å²) in [6, 6.07) is 26.5. The van der Waals surface area contributed by atoms with Crippen LogP contribution in [0.2, 0.25) is 0 Å². The van der Waals surface area contributed by atoms with Crippen LogP contribution in [0.25, 0.3) is 11.1 Å². The molecule has 0 radical (unpaired) electrons. The Bertz CT molecular complexity index is 755. The Balaban J connectivity index is 1.70. The highest BCUT2D eigenvalue weighted by atomic mass is 16.7. The molecule has 0 unspecified atom stereocenters. The zero-order valence-electron chi connectivity index (χ0n) is 11.9. The molecule has 108 valence electrons. The zero-order chi connectivity index (χ0) is 15.2. The average molecular weight is 289 g/mol. The molecule has 1 amide bonds. The van der Waals surface area contributed by atoms with E-state index in [4.69, 9.17) is 4.84 Å². The lowest BCUT2D eigenvalue weighted by molar-refractivity contribution is 0.0760. The van der Waals surface area contributed by atoms with E-state index < -0.39 is 0 Å². The second-order valence-corrected chi connectivity index (χ2v) is 4.79. The topological polar surface area (TPSA) is 38.3 Å². The summed E-state index contributed by atoms with van der Waals surface area (Å²) in [4.78, 5) is 17.3. The van der Waals surface area contributed by atoms with E-state index in [0.29, 0.717) is 11.3 Å². The summed E-state index contributed by atoms with van der Waals surface area (Å²) in [6.45, 7) is 0. The van der Waals surface area contributed by atoms with Gasteiger partial charge in [-0.3, -0.25) is 4.79 Å². The van der Waals surface area contributed by atoms with Gasteiger partial charge in [0.2, 0.25) is 0 Å². The molecule has 0 fully saturated rings. The summed E-state index contributed by atoms with van der Waals surface area (Å²) < 4.78 is 0. The molecule has 3 aromatic carbocycles. The van der Waals surface area contributed by atoms with Crippen LogP contribution in [0.1, 0.15) is 10.4 Å². The van der Waals surface area contributed by atoms with Crippen molar-refractivity contribution < 1.29 is 9.63 Å². The first-order valence-corrected chi connectivity index (χ1v) is 7.01. The van der Waals surface area contributed by atoms with Gasteiger partial charge in [-0.2, -0.15) is 5.48 Å². The van der Waals surface area contributed by atoms with Crippen LogP contribution in [-0.4, -0.2) is 5.91 Å². The van der Waals surface area contributed by atoms with E-state index in [0.717, 1.165) is 11.1 Å². The maximum atomic E-state index is 11.9. The third-order valence-electron chi connectivity index (χ3n) is 3.24. The Morgan fingerprint density at radius 2 is 1.36 bits per heavy atom. The van der Waals surface area contributed by atoms with Crippen molar-refractivity contribution in [2.45, 2.75) is 0 Å². The number of hydroxylamine groups is 1. The van der Waals surface area contributed by atoms with E-state index in [9.17, 15) is 4.79 Å². The van der Waals surface area contributed by atoms with E-state index in [1.807, 2.05) is 66.7 Å². The van der Waals surface area contributed by atoms with Gasteiger partial charge in [0.1, 0.15) is 0 Å². The number of rotatable bonds is 4. The Hall–Kier alpha value is -3.07. The highest BCUT2D eigenvalue weighted by molar-refractivity contribution is 5.93. The SMILES string of the molecule is O=C(NOc1cccc(-c2ccccc2)c1)c1ccccc1. The van der Waals surface area contributed by atoms with Gasteiger partial charge in [0.15, 0.2) is 5.75 Å². The lowest BCUT2D eigenvalue weighted by Gasteiger charge is -2.08. The second kappa shape index (κ2) is 6.59. The first kappa shape index (κ1) is 13.9. The molecule has 0 aliphatic rings. The first-order chi connectivity index (χ1) is 10.8. The normalized spacial score (nSPS) is 10.0. The van der Waals surface area contributed by atoms with E-state index in [1.165, 1.54) is 0 Å². The molecule has 0 aliphatic heterocycles. The van der Waals surface area contributed by atoms with Gasteiger partial charge in [-0.15, -0.1) is 0 Å². The van der Waals surface area contributed by atoms with Gasteiger partial charge in [-0.1, -0.05) is 60.7 Å². The third-order valence-corrected chi connectivity index (χ3v) is 3.24. The van der Waals surface area contributed by atoms with E-state index in [2.05, 4.69) is 5.48 Å². The summed E-state index contributed by atoms with van der Waals surface area (Å²) in [5.41, 5.74) is 5.15. The largest absolute Gasteiger partial charge is 0.379 e. The minimum Gasteiger partial charge on any atom is -0.379 e. The van der Waals surface area contributed by atoms with E-state index in [1.54, 1.807) is 18.2 Å². The highest BCUT2D eigenvalue weighted by Crippen LogP contribution is 2.23. The van der Waals surface area contributed by atoms with E-state index >= 15 is 0 Å². The number of nitrogens with one attached hydrogen (secondary N) is 1. The highest BCUT2D eigenvalue weighted by Gasteiger charge is 2.05. The molecule has 0 aromatic heterocycles. The van der Waals surface area contributed by atoms with Crippen LogP contribution < -0.4 is 10.3 Å². The van der Waals surface area contributed by atoms with Crippen molar-refractivity contribution in [1.29, 1.82) is 0 Å². The molecule has 0 heterocycles. The lowest BCUT2D eigenvalue weighted by Crippen LogP contribution is -2.26. The van der Waals surface area contributed by atoms with Crippen LogP contribution in [0.5, 0.6) is 5.75 Å². The summed E-state index contributed by atoms with van der Waals surface area (Å²) in [5.74, 6) is 0.316. The van der Waals surface area contributed by atoms with Gasteiger partial charge in [0.05, 0.1) is 0 Å². The number of carbonyl (C=O) groups excluding carboxylic acids is 1. The summed E-state index contributed by atoms with van der Waals surface area (Å²) in [5, 5.41) is 0. The molecule has 0 spiro atoms. The maximum Gasteiger partial charge on any atom is 0.283 e. The molecule has 0 atom stereocenters. The van der Waals surface area contributed by atoms with Gasteiger partial charge in [-0.05, 0) is 35.4 Å². The Morgan fingerprint density at radius 3 is 2.09 bits per heavy atom. The quantitative estimate of drug-likeness (QED) is 0.735. The standard InChI is InChI=1S/C19H15NO2/c21-19(16-10-5-2-6-11-16)20-22-18-13-7-12-17(14-18)15-8-3-1-4-9-15/h1-14H,(H,20,21). The summed E-state index contributed by atoms with van der Waals surface area (Å²) >= 11 is 0. The summed E-state index contributed by atoms with van der Waals surface area (Å²) in [7, 11) is 0. The third kappa shape index (κ3) is 3.33. The smallest absolute Gasteiger partial charge is 0.283 e. The van der Waals surface area contributed by atoms with Crippen LogP contribution in [0.4, 0.5) is 0 Å². The molecule has 22 heavy (non-hydrogen) atoms. The fourth-order valence-corrected chi connectivity index (χ4v) is 2.12. The number of benzene rings is 3. The van der Waals surface area contributed by atoms with Crippen molar-refractivity contribution in [2.75, 3.05) is 0 Å². The number of carbonyl (C=O) groups is 1. The van der Waals surface area contributed by atoms with Crippen LogP contribution in [0.3, 0.4) is 0 Å². The van der Waals surface area contributed by atoms with Crippen molar-refractivity contribution in [2.24, 2.45) is 0 Å². The van der Waals surface area contributed by atoms with Crippen molar-refractivity contribution >= 4 is 5.91 Å². The molecule has 0 bridgehead atoms. The van der Waals surface area contributed by atoms with E-state index in [-0.39, 0.29) is 5.91 Å². The zero-order valence-corrected chi connectivity index (χ0v) is 11.9. The van der Waals surface area contributed by atoms with Gasteiger partial charge in [0, 0.05) is 5.56 Å². The monoisotopic (exact) mass is 289 g/mol. The molecule has 1 N–H and O–H groups in total. The number of hydrogen-bond donors (Lipinski definition) is 1. The molecule has 3 nitrogen and oxygen atoms in total. The van der Waals surface area contributed by atoms with Crippen molar-refractivity contribution in [3.63, 3.8) is 0 Å². The van der Waals surface area contributed by atoms with Crippen molar-refractivity contribution in [3.05, 3.63) is 90.5 Å². The van der Waals surface area contributed by atoms with Gasteiger partial charge in [-0.25, -0.2) is 0 Å². The fraction of sp³-hybridized carbons (Fsp3) is 0. The van der Waals surface area contributed by atoms with Crippen LogP contribution in [-0.2, 0) is 0 Å². The first-order valence-electron chi connectivity index (χ1n) is 7.01. The average Bonchev–Trinajstić information content (AvgIpc) is 2.61. The molecule has 3 heteroatoms. The minimum absolute atomic E-state index is 0.272.